The van der Waals surface area contributed by atoms with E-state index >= 15 is 0 Å². The quantitative estimate of drug-likeness (QED) is 0.644. The zero-order valence-electron chi connectivity index (χ0n) is 18.2. The van der Waals surface area contributed by atoms with Crippen molar-refractivity contribution in [1.29, 1.82) is 0 Å². The van der Waals surface area contributed by atoms with Crippen LogP contribution in [0.3, 0.4) is 0 Å². The highest BCUT2D eigenvalue weighted by Crippen LogP contribution is 2.38. The largest absolute Gasteiger partial charge is 0.507 e. The van der Waals surface area contributed by atoms with Gasteiger partial charge in [-0.3, -0.25) is 19.8 Å². The molecular weight excluding hydrogens is 434 g/mol. The van der Waals surface area contributed by atoms with E-state index < -0.39 is 33.1 Å². The molecule has 0 bridgehead atoms. The zero-order valence-corrected chi connectivity index (χ0v) is 19.0. The highest BCUT2D eigenvalue weighted by atomic mass is 32.2. The van der Waals surface area contributed by atoms with Gasteiger partial charge in [-0.1, -0.05) is 32.9 Å². The van der Waals surface area contributed by atoms with Crippen LogP contribution in [0.15, 0.2) is 41.3 Å². The van der Waals surface area contributed by atoms with Crippen LogP contribution in [0.5, 0.6) is 5.75 Å². The third-order valence-corrected chi connectivity index (χ3v) is 6.20. The van der Waals surface area contributed by atoms with Crippen LogP contribution in [0.2, 0.25) is 0 Å². The molecule has 0 saturated carbocycles. The van der Waals surface area contributed by atoms with E-state index in [0.717, 1.165) is 6.26 Å². The molecule has 32 heavy (non-hydrogen) atoms. The number of benzene rings is 2. The molecule has 9 nitrogen and oxygen atoms in total. The summed E-state index contributed by atoms with van der Waals surface area (Å²) in [4.78, 5) is 38.2. The number of phenols is 1. The number of aromatic hydroxyl groups is 1. The summed E-state index contributed by atoms with van der Waals surface area (Å²) in [5.41, 5.74) is 0.117. The smallest absolute Gasteiger partial charge is 0.328 e. The minimum Gasteiger partial charge on any atom is -0.507 e. The van der Waals surface area contributed by atoms with Gasteiger partial charge < -0.3 is 10.4 Å². The van der Waals surface area contributed by atoms with Gasteiger partial charge in [0.2, 0.25) is 5.91 Å². The lowest BCUT2D eigenvalue weighted by Gasteiger charge is -2.29. The van der Waals surface area contributed by atoms with E-state index in [9.17, 15) is 27.9 Å². The molecular formula is C22H25N3O6S. The molecule has 0 unspecified atom stereocenters. The van der Waals surface area contributed by atoms with Crippen molar-refractivity contribution in [2.45, 2.75) is 37.5 Å². The van der Waals surface area contributed by atoms with Crippen LogP contribution < -0.4 is 15.5 Å². The maximum atomic E-state index is 13.1. The van der Waals surface area contributed by atoms with Gasteiger partial charge in [-0.05, 0) is 29.7 Å². The fraction of sp³-hybridized carbons (Fsp3) is 0.318. The minimum atomic E-state index is -3.61. The Morgan fingerprint density at radius 1 is 1.16 bits per heavy atom. The second-order valence-corrected chi connectivity index (χ2v) is 10.6. The Labute approximate surface area is 186 Å². The number of urea groups is 1. The molecule has 0 atom stereocenters. The Morgan fingerprint density at radius 3 is 2.41 bits per heavy atom. The van der Waals surface area contributed by atoms with E-state index in [1.54, 1.807) is 12.1 Å². The van der Waals surface area contributed by atoms with E-state index in [0.29, 0.717) is 11.3 Å². The summed E-state index contributed by atoms with van der Waals surface area (Å²) in [6.07, 6.45) is 1.13. The number of para-hydroxylation sites is 1. The van der Waals surface area contributed by atoms with Crippen molar-refractivity contribution in [3.8, 4) is 5.75 Å². The van der Waals surface area contributed by atoms with Gasteiger partial charge in [0.25, 0.3) is 5.91 Å². The number of phenolic OH excluding ortho intramolecular Hbond substituents is 1. The first-order valence-electron chi connectivity index (χ1n) is 9.88. The first-order chi connectivity index (χ1) is 14.8. The third-order valence-electron chi connectivity index (χ3n) is 5.05. The number of hydrogen-bond acceptors (Lipinski definition) is 6. The van der Waals surface area contributed by atoms with Crippen LogP contribution in [0, 0.1) is 0 Å². The van der Waals surface area contributed by atoms with E-state index in [4.69, 9.17) is 0 Å². The summed E-state index contributed by atoms with van der Waals surface area (Å²) in [6, 6.07) is 8.26. The van der Waals surface area contributed by atoms with Gasteiger partial charge in [0.15, 0.2) is 9.84 Å². The normalized spacial score (nSPS) is 14.8. The third kappa shape index (κ3) is 4.75. The predicted molar refractivity (Wildman–Crippen MR) is 120 cm³/mol. The van der Waals surface area contributed by atoms with E-state index in [1.807, 2.05) is 20.8 Å². The molecule has 1 aliphatic heterocycles. The average Bonchev–Trinajstić information content (AvgIpc) is 2.67. The molecule has 2 aromatic carbocycles. The van der Waals surface area contributed by atoms with Crippen molar-refractivity contribution in [3.63, 3.8) is 0 Å². The lowest BCUT2D eigenvalue weighted by Crippen LogP contribution is -2.49. The summed E-state index contributed by atoms with van der Waals surface area (Å²) in [5, 5.41) is 15.7. The van der Waals surface area contributed by atoms with Crippen LogP contribution in [0.25, 0.3) is 0 Å². The van der Waals surface area contributed by atoms with Gasteiger partial charge in [0, 0.05) is 30.5 Å². The second kappa shape index (κ2) is 8.27. The molecule has 3 N–H and O–H groups in total. The average molecular weight is 460 g/mol. The minimum absolute atomic E-state index is 0.0611. The molecule has 1 fully saturated rings. The number of nitrogens with one attached hydrogen (secondary N) is 2. The van der Waals surface area contributed by atoms with Crippen molar-refractivity contribution in [3.05, 3.63) is 47.5 Å². The number of rotatable bonds is 4. The Hall–Kier alpha value is -3.40. The van der Waals surface area contributed by atoms with E-state index in [-0.39, 0.29) is 34.9 Å². The lowest BCUT2D eigenvalue weighted by atomic mass is 9.84. The number of imide groups is 1. The molecule has 0 spiro atoms. The topological polar surface area (TPSA) is 133 Å². The number of amides is 4. The Morgan fingerprint density at radius 2 is 1.81 bits per heavy atom. The predicted octanol–water partition coefficient (Wildman–Crippen LogP) is 2.79. The van der Waals surface area contributed by atoms with Crippen LogP contribution >= 0.6 is 0 Å². The fourth-order valence-corrected chi connectivity index (χ4v) is 4.26. The number of anilines is 2. The number of sulfone groups is 1. The molecule has 0 radical (unpaired) electrons. The summed E-state index contributed by atoms with van der Waals surface area (Å²) in [6.45, 7) is 5.64. The van der Waals surface area contributed by atoms with E-state index in [2.05, 4.69) is 10.6 Å². The maximum Gasteiger partial charge on any atom is 0.328 e. The highest BCUT2D eigenvalue weighted by Gasteiger charge is 2.30. The van der Waals surface area contributed by atoms with Crippen LogP contribution in [0.4, 0.5) is 16.2 Å². The monoisotopic (exact) mass is 459 g/mol. The summed E-state index contributed by atoms with van der Waals surface area (Å²) >= 11 is 0. The SMILES string of the molecule is CC(C)(C)c1cc(N2CCC(=O)NC2=O)cc(C(=O)Nc2ccccc2S(C)(=O)=O)c1O. The van der Waals surface area contributed by atoms with Crippen LogP contribution in [-0.4, -0.2) is 44.2 Å². The lowest BCUT2D eigenvalue weighted by molar-refractivity contribution is -0.120. The Kier molecular flexibility index (Phi) is 6.01. The summed E-state index contributed by atoms with van der Waals surface area (Å²) in [5.74, 6) is -1.40. The summed E-state index contributed by atoms with van der Waals surface area (Å²) < 4.78 is 24.1. The number of hydrogen-bond donors (Lipinski definition) is 3. The van der Waals surface area contributed by atoms with Gasteiger partial charge in [-0.15, -0.1) is 0 Å². The van der Waals surface area contributed by atoms with Gasteiger partial charge in [0.05, 0.1) is 16.1 Å². The van der Waals surface area contributed by atoms with Crippen LogP contribution in [0.1, 0.15) is 43.1 Å². The van der Waals surface area contributed by atoms with Crippen molar-refractivity contribution in [2.24, 2.45) is 0 Å². The molecule has 4 amide bonds. The van der Waals surface area contributed by atoms with Crippen molar-refractivity contribution in [1.82, 2.24) is 5.32 Å². The molecule has 1 aliphatic rings. The summed E-state index contributed by atoms with van der Waals surface area (Å²) in [7, 11) is -3.61. The molecule has 1 saturated heterocycles. The maximum absolute atomic E-state index is 13.1. The van der Waals surface area contributed by atoms with Gasteiger partial charge >= 0.3 is 6.03 Å². The van der Waals surface area contributed by atoms with Gasteiger partial charge in [-0.2, -0.15) is 0 Å². The van der Waals surface area contributed by atoms with Gasteiger partial charge in [-0.25, -0.2) is 13.2 Å². The Balaban J connectivity index is 2.09. The molecule has 1 heterocycles. The van der Waals surface area contributed by atoms with Crippen molar-refractivity contribution >= 4 is 39.1 Å². The number of carbonyl (C=O) groups is 3. The number of nitrogens with zero attached hydrogens (tertiary/aromatic N) is 1. The highest BCUT2D eigenvalue weighted by molar-refractivity contribution is 7.90. The molecule has 10 heteroatoms. The first-order valence-corrected chi connectivity index (χ1v) is 11.8. The number of carbonyl (C=O) groups excluding carboxylic acids is 3. The molecule has 0 aromatic heterocycles. The molecule has 0 aliphatic carbocycles. The molecule has 170 valence electrons. The molecule has 2 aromatic rings. The van der Waals surface area contributed by atoms with Crippen molar-refractivity contribution < 1.29 is 27.9 Å². The standard InChI is InChI=1S/C22H25N3O6S/c1-22(2,3)15-12-13(25-10-9-18(26)24-21(25)29)11-14(19(15)27)20(28)23-16-7-5-6-8-17(16)32(4,30)31/h5-8,11-12,27H,9-10H2,1-4H3,(H,23,28)(H,24,26,29). The van der Waals surface area contributed by atoms with Gasteiger partial charge in [0.1, 0.15) is 5.75 Å². The first kappa shape index (κ1) is 23.3. The fourth-order valence-electron chi connectivity index (χ4n) is 3.41. The molecule has 3 rings (SSSR count). The van der Waals surface area contributed by atoms with E-state index in [1.165, 1.54) is 29.2 Å². The van der Waals surface area contributed by atoms with Crippen molar-refractivity contribution in [2.75, 3.05) is 23.0 Å². The Bertz CT molecular complexity index is 1210. The second-order valence-electron chi connectivity index (χ2n) is 8.62. The van der Waals surface area contributed by atoms with Crippen LogP contribution in [-0.2, 0) is 20.0 Å². The zero-order chi connectivity index (χ0) is 23.8.